The van der Waals surface area contributed by atoms with Crippen LogP contribution in [0.3, 0.4) is 0 Å². The zero-order chi connectivity index (χ0) is 19.7. The van der Waals surface area contributed by atoms with Gasteiger partial charge in [0, 0.05) is 17.1 Å². The number of hydrogen-bond donors (Lipinski definition) is 1. The van der Waals surface area contributed by atoms with Gasteiger partial charge in [-0.3, -0.25) is 4.79 Å². The maximum Gasteiger partial charge on any atom is 0.257 e. The van der Waals surface area contributed by atoms with E-state index in [0.29, 0.717) is 11.4 Å². The van der Waals surface area contributed by atoms with Gasteiger partial charge in [-0.15, -0.1) is 0 Å². The first-order valence-corrected chi connectivity index (χ1v) is 9.23. The standard InChI is InChI=1S/C24H21N3O/c1-15-8-11-18(12-9-15)23-17(3)22(19-6-4-5-7-20(19)26-23)24(28)27-21-13-10-16(2)14-25-21/h4-14H,1-3H3,(H,25,27,28). The fourth-order valence-electron chi connectivity index (χ4n) is 3.31. The number of benzene rings is 2. The van der Waals surface area contributed by atoms with Crippen LogP contribution in [0.1, 0.15) is 27.0 Å². The topological polar surface area (TPSA) is 54.9 Å². The second-order valence-corrected chi connectivity index (χ2v) is 7.02. The smallest absolute Gasteiger partial charge is 0.257 e. The van der Waals surface area contributed by atoms with Crippen LogP contribution >= 0.6 is 0 Å². The summed E-state index contributed by atoms with van der Waals surface area (Å²) in [4.78, 5) is 22.3. The second kappa shape index (κ2) is 7.24. The molecule has 1 N–H and O–H groups in total. The molecule has 0 aliphatic carbocycles. The first kappa shape index (κ1) is 17.9. The molecule has 0 spiro atoms. The normalized spacial score (nSPS) is 10.8. The summed E-state index contributed by atoms with van der Waals surface area (Å²) in [7, 11) is 0. The van der Waals surface area contributed by atoms with E-state index in [1.807, 2.05) is 62.4 Å². The Labute approximate surface area is 164 Å². The monoisotopic (exact) mass is 367 g/mol. The molecule has 0 aliphatic heterocycles. The molecule has 4 rings (SSSR count). The van der Waals surface area contributed by atoms with Crippen LogP contribution in [-0.2, 0) is 0 Å². The Morgan fingerprint density at radius 1 is 0.857 bits per heavy atom. The fraction of sp³-hybridized carbons (Fsp3) is 0.125. The van der Waals surface area contributed by atoms with Crippen molar-refractivity contribution < 1.29 is 4.79 Å². The number of carbonyl (C=O) groups excluding carboxylic acids is 1. The van der Waals surface area contributed by atoms with Crippen LogP contribution in [0.15, 0.2) is 66.9 Å². The molecule has 0 bridgehead atoms. The maximum atomic E-state index is 13.2. The Bertz CT molecular complexity index is 1160. The molecule has 0 aliphatic rings. The van der Waals surface area contributed by atoms with Crippen LogP contribution in [-0.4, -0.2) is 15.9 Å². The van der Waals surface area contributed by atoms with Gasteiger partial charge in [0.05, 0.1) is 16.8 Å². The number of rotatable bonds is 3. The fourth-order valence-corrected chi connectivity index (χ4v) is 3.31. The van der Waals surface area contributed by atoms with Crippen molar-refractivity contribution in [3.63, 3.8) is 0 Å². The van der Waals surface area contributed by atoms with Crippen molar-refractivity contribution in [1.29, 1.82) is 0 Å². The summed E-state index contributed by atoms with van der Waals surface area (Å²) in [5.41, 5.74) is 6.33. The van der Waals surface area contributed by atoms with Crippen molar-refractivity contribution in [2.75, 3.05) is 5.32 Å². The number of carbonyl (C=O) groups is 1. The number of fused-ring (bicyclic) bond motifs is 1. The van der Waals surface area contributed by atoms with Crippen molar-refractivity contribution in [3.05, 3.63) is 89.1 Å². The number of amides is 1. The van der Waals surface area contributed by atoms with Gasteiger partial charge in [0.2, 0.25) is 0 Å². The number of anilines is 1. The van der Waals surface area contributed by atoms with Gasteiger partial charge in [-0.1, -0.05) is 54.1 Å². The average molecular weight is 367 g/mol. The highest BCUT2D eigenvalue weighted by atomic mass is 16.1. The molecule has 0 saturated heterocycles. The lowest BCUT2D eigenvalue weighted by Crippen LogP contribution is -2.16. The predicted octanol–water partition coefficient (Wildman–Crippen LogP) is 5.47. The van der Waals surface area contributed by atoms with E-state index < -0.39 is 0 Å². The lowest BCUT2D eigenvalue weighted by molar-refractivity contribution is 0.102. The quantitative estimate of drug-likeness (QED) is 0.522. The zero-order valence-electron chi connectivity index (χ0n) is 16.2. The summed E-state index contributed by atoms with van der Waals surface area (Å²) in [5, 5.41) is 3.76. The minimum atomic E-state index is -0.180. The zero-order valence-corrected chi connectivity index (χ0v) is 16.2. The first-order chi connectivity index (χ1) is 13.5. The summed E-state index contributed by atoms with van der Waals surface area (Å²) in [6.45, 7) is 5.97. The molecule has 2 aromatic heterocycles. The number of nitrogens with one attached hydrogen (secondary N) is 1. The lowest BCUT2D eigenvalue weighted by Gasteiger charge is -2.15. The Morgan fingerprint density at radius 3 is 2.29 bits per heavy atom. The SMILES string of the molecule is Cc1ccc(-c2nc3ccccc3c(C(=O)Nc3ccc(C)cn3)c2C)cc1. The second-order valence-electron chi connectivity index (χ2n) is 7.02. The summed E-state index contributed by atoms with van der Waals surface area (Å²) in [5.74, 6) is 0.355. The number of nitrogens with zero attached hydrogens (tertiary/aromatic N) is 2. The molecular weight excluding hydrogens is 346 g/mol. The van der Waals surface area contributed by atoms with E-state index in [2.05, 4.69) is 29.4 Å². The Kier molecular flexibility index (Phi) is 4.62. The largest absolute Gasteiger partial charge is 0.307 e. The Morgan fingerprint density at radius 2 is 1.57 bits per heavy atom. The summed E-state index contributed by atoms with van der Waals surface area (Å²) >= 11 is 0. The molecule has 138 valence electrons. The third-order valence-electron chi connectivity index (χ3n) is 4.84. The average Bonchev–Trinajstić information content (AvgIpc) is 2.70. The van der Waals surface area contributed by atoms with E-state index in [1.165, 1.54) is 5.56 Å². The maximum absolute atomic E-state index is 13.2. The number of hydrogen-bond acceptors (Lipinski definition) is 3. The minimum absolute atomic E-state index is 0.180. The van der Waals surface area contributed by atoms with Gasteiger partial charge < -0.3 is 5.32 Å². The van der Waals surface area contributed by atoms with Crippen LogP contribution in [0, 0.1) is 20.8 Å². The first-order valence-electron chi connectivity index (χ1n) is 9.23. The van der Waals surface area contributed by atoms with Crippen LogP contribution in [0.5, 0.6) is 0 Å². The van der Waals surface area contributed by atoms with Crippen molar-refractivity contribution >= 4 is 22.6 Å². The van der Waals surface area contributed by atoms with Gasteiger partial charge in [0.1, 0.15) is 5.82 Å². The Hall–Kier alpha value is -3.53. The van der Waals surface area contributed by atoms with E-state index in [1.54, 1.807) is 6.20 Å². The molecule has 28 heavy (non-hydrogen) atoms. The van der Waals surface area contributed by atoms with Crippen molar-refractivity contribution in [2.24, 2.45) is 0 Å². The molecule has 0 fully saturated rings. The molecule has 4 aromatic rings. The molecule has 4 nitrogen and oxygen atoms in total. The molecule has 0 radical (unpaired) electrons. The highest BCUT2D eigenvalue weighted by Gasteiger charge is 2.19. The van der Waals surface area contributed by atoms with Gasteiger partial charge >= 0.3 is 0 Å². The highest BCUT2D eigenvalue weighted by Crippen LogP contribution is 2.30. The van der Waals surface area contributed by atoms with E-state index in [4.69, 9.17) is 4.98 Å². The number of pyridine rings is 2. The number of aromatic nitrogens is 2. The van der Waals surface area contributed by atoms with E-state index in [0.717, 1.165) is 33.3 Å². The van der Waals surface area contributed by atoms with E-state index in [-0.39, 0.29) is 5.91 Å². The summed E-state index contributed by atoms with van der Waals surface area (Å²) in [6, 6.07) is 19.7. The molecule has 1 amide bonds. The summed E-state index contributed by atoms with van der Waals surface area (Å²) < 4.78 is 0. The van der Waals surface area contributed by atoms with Gasteiger partial charge in [-0.05, 0) is 44.0 Å². The number of para-hydroxylation sites is 1. The van der Waals surface area contributed by atoms with Gasteiger partial charge in [-0.2, -0.15) is 0 Å². The third kappa shape index (κ3) is 3.37. The van der Waals surface area contributed by atoms with Crippen LogP contribution in [0.4, 0.5) is 5.82 Å². The van der Waals surface area contributed by atoms with Gasteiger partial charge in [-0.25, -0.2) is 9.97 Å². The molecule has 4 heteroatoms. The molecular formula is C24H21N3O. The van der Waals surface area contributed by atoms with Crippen molar-refractivity contribution in [3.8, 4) is 11.3 Å². The molecule has 0 unspecified atom stereocenters. The third-order valence-corrected chi connectivity index (χ3v) is 4.84. The van der Waals surface area contributed by atoms with Gasteiger partial charge in [0.15, 0.2) is 0 Å². The van der Waals surface area contributed by atoms with E-state index >= 15 is 0 Å². The van der Waals surface area contributed by atoms with Gasteiger partial charge in [0.25, 0.3) is 5.91 Å². The van der Waals surface area contributed by atoms with Crippen molar-refractivity contribution in [1.82, 2.24) is 9.97 Å². The van der Waals surface area contributed by atoms with Crippen LogP contribution in [0.25, 0.3) is 22.2 Å². The highest BCUT2D eigenvalue weighted by molar-refractivity contribution is 6.14. The van der Waals surface area contributed by atoms with Crippen LogP contribution in [0.2, 0.25) is 0 Å². The van der Waals surface area contributed by atoms with E-state index in [9.17, 15) is 4.79 Å². The Balaban J connectivity index is 1.86. The molecule has 2 aromatic carbocycles. The summed E-state index contributed by atoms with van der Waals surface area (Å²) in [6.07, 6.45) is 1.74. The molecule has 2 heterocycles. The van der Waals surface area contributed by atoms with Crippen molar-refractivity contribution in [2.45, 2.75) is 20.8 Å². The number of aryl methyl sites for hydroxylation is 2. The minimum Gasteiger partial charge on any atom is -0.307 e. The predicted molar refractivity (Wildman–Crippen MR) is 114 cm³/mol. The lowest BCUT2D eigenvalue weighted by atomic mass is 9.97. The molecule has 0 saturated carbocycles. The van der Waals surface area contributed by atoms with Crippen LogP contribution < -0.4 is 5.32 Å². The molecule has 0 atom stereocenters.